The molecule has 2 N–H and O–H groups in total. The topological polar surface area (TPSA) is 81.3 Å². The zero-order valence-corrected chi connectivity index (χ0v) is 18.0. The number of rotatable bonds is 4. The second-order valence-corrected chi connectivity index (χ2v) is 10.6. The summed E-state index contributed by atoms with van der Waals surface area (Å²) in [5.41, 5.74) is 6.78. The Morgan fingerprint density at radius 1 is 1.19 bits per heavy atom. The number of ether oxygens (including phenoxy) is 1. The minimum Gasteiger partial charge on any atom is -0.474 e. The quantitative estimate of drug-likeness (QED) is 0.775. The number of piperidine rings is 1. The number of fused-ring (bicyclic) bond motifs is 5. The van der Waals surface area contributed by atoms with E-state index in [2.05, 4.69) is 14.9 Å². The molecule has 0 bridgehead atoms. The minimum atomic E-state index is -2.50. The maximum absolute atomic E-state index is 13.5. The Morgan fingerprint density at radius 3 is 2.65 bits per heavy atom. The van der Waals surface area contributed by atoms with Crippen LogP contribution >= 0.6 is 11.3 Å². The molecule has 0 spiro atoms. The Kier molecular flexibility index (Phi) is 4.51. The van der Waals surface area contributed by atoms with Gasteiger partial charge in [-0.3, -0.25) is 9.69 Å². The number of halogens is 2. The molecule has 3 atom stereocenters. The van der Waals surface area contributed by atoms with Gasteiger partial charge in [0.15, 0.2) is 0 Å². The summed E-state index contributed by atoms with van der Waals surface area (Å²) in [5, 5.41) is 0.971. The van der Waals surface area contributed by atoms with Gasteiger partial charge in [-0.1, -0.05) is 0 Å². The molecule has 2 unspecified atom stereocenters. The fourth-order valence-electron chi connectivity index (χ4n) is 6.09. The van der Waals surface area contributed by atoms with Gasteiger partial charge in [-0.05, 0) is 43.6 Å². The molecule has 1 aliphatic heterocycles. The highest BCUT2D eigenvalue weighted by molar-refractivity contribution is 7.19. The van der Waals surface area contributed by atoms with E-state index in [0.717, 1.165) is 42.3 Å². The number of primary amides is 1. The highest BCUT2D eigenvalue weighted by atomic mass is 32.1. The van der Waals surface area contributed by atoms with E-state index < -0.39 is 5.92 Å². The maximum atomic E-state index is 13.5. The van der Waals surface area contributed by atoms with E-state index in [1.54, 1.807) is 17.7 Å². The molecule has 1 saturated heterocycles. The molecule has 2 aromatic rings. The summed E-state index contributed by atoms with van der Waals surface area (Å²) >= 11 is 1.68. The first-order valence-electron chi connectivity index (χ1n) is 11.3. The largest absolute Gasteiger partial charge is 0.474 e. The van der Waals surface area contributed by atoms with Gasteiger partial charge >= 0.3 is 0 Å². The van der Waals surface area contributed by atoms with E-state index in [1.807, 2.05) is 0 Å². The van der Waals surface area contributed by atoms with Crippen molar-refractivity contribution in [3.63, 3.8) is 0 Å². The third kappa shape index (κ3) is 3.31. The SMILES string of the molecule is NC(=O)[C@H]1C2Cc3sc4ncnc(OC5CCC(N6CCC(F)(F)CC6)CC5)c4c3C21. The van der Waals surface area contributed by atoms with Crippen molar-refractivity contribution in [3.8, 4) is 5.88 Å². The number of amides is 1. The highest BCUT2D eigenvalue weighted by Crippen LogP contribution is 2.65. The molecule has 3 fully saturated rings. The van der Waals surface area contributed by atoms with Crippen LogP contribution in [0.25, 0.3) is 10.2 Å². The summed E-state index contributed by atoms with van der Waals surface area (Å²) in [5.74, 6) is -1.62. The molecule has 31 heavy (non-hydrogen) atoms. The lowest BCUT2D eigenvalue weighted by Gasteiger charge is -2.40. The van der Waals surface area contributed by atoms with E-state index in [1.165, 1.54) is 10.4 Å². The molecule has 166 valence electrons. The number of carbonyl (C=O) groups excluding carboxylic acids is 1. The number of aromatic nitrogens is 2. The van der Waals surface area contributed by atoms with Crippen LogP contribution in [0.1, 0.15) is 54.9 Å². The van der Waals surface area contributed by atoms with E-state index in [0.29, 0.717) is 30.9 Å². The molecule has 6 rings (SSSR count). The second-order valence-electron chi connectivity index (χ2n) is 9.56. The Hall–Kier alpha value is -1.87. The normalized spacial score (nSPS) is 34.3. The minimum absolute atomic E-state index is 0.0277. The van der Waals surface area contributed by atoms with Crippen LogP contribution in [0.4, 0.5) is 8.78 Å². The zero-order valence-electron chi connectivity index (χ0n) is 17.2. The van der Waals surface area contributed by atoms with E-state index in [-0.39, 0.29) is 36.7 Å². The first-order chi connectivity index (χ1) is 14.9. The Labute approximate surface area is 183 Å². The Bertz CT molecular complexity index is 1030. The molecular weight excluding hydrogens is 422 g/mol. The number of nitrogens with two attached hydrogens (primary N) is 1. The number of likely N-dealkylation sites (tertiary alicyclic amines) is 1. The van der Waals surface area contributed by atoms with Crippen LogP contribution in [0.2, 0.25) is 0 Å². The lowest BCUT2D eigenvalue weighted by Crippen LogP contribution is -2.47. The maximum Gasteiger partial charge on any atom is 0.250 e. The molecule has 2 aromatic heterocycles. The molecule has 4 aliphatic rings. The van der Waals surface area contributed by atoms with Crippen LogP contribution in [0, 0.1) is 11.8 Å². The van der Waals surface area contributed by atoms with E-state index in [9.17, 15) is 13.6 Å². The Morgan fingerprint density at radius 2 is 1.94 bits per heavy atom. The Balaban J connectivity index is 1.15. The van der Waals surface area contributed by atoms with Crippen molar-refractivity contribution in [2.75, 3.05) is 13.1 Å². The van der Waals surface area contributed by atoms with Crippen LogP contribution < -0.4 is 10.5 Å². The van der Waals surface area contributed by atoms with Crippen molar-refractivity contribution in [1.29, 1.82) is 0 Å². The van der Waals surface area contributed by atoms with Crippen molar-refractivity contribution >= 4 is 27.5 Å². The van der Waals surface area contributed by atoms with Gasteiger partial charge in [0.25, 0.3) is 5.92 Å². The summed E-state index contributed by atoms with van der Waals surface area (Å²) in [6.07, 6.45) is 6.17. The van der Waals surface area contributed by atoms with Crippen molar-refractivity contribution < 1.29 is 18.3 Å². The number of alkyl halides is 2. The van der Waals surface area contributed by atoms with Gasteiger partial charge < -0.3 is 10.5 Å². The summed E-state index contributed by atoms with van der Waals surface area (Å²) in [4.78, 5) is 25.1. The number of nitrogens with zero attached hydrogens (tertiary/aromatic N) is 3. The van der Waals surface area contributed by atoms with Crippen molar-refractivity contribution in [1.82, 2.24) is 14.9 Å². The number of hydrogen-bond donors (Lipinski definition) is 1. The van der Waals surface area contributed by atoms with Crippen molar-refractivity contribution in [3.05, 3.63) is 16.8 Å². The molecule has 3 heterocycles. The number of carbonyl (C=O) groups is 1. The third-order valence-electron chi connectivity index (χ3n) is 7.79. The second kappa shape index (κ2) is 7.07. The molecule has 1 amide bonds. The summed E-state index contributed by atoms with van der Waals surface area (Å²) in [7, 11) is 0. The highest BCUT2D eigenvalue weighted by Gasteiger charge is 2.60. The van der Waals surface area contributed by atoms with Crippen molar-refractivity contribution in [2.45, 2.75) is 68.9 Å². The van der Waals surface area contributed by atoms with Gasteiger partial charge in [0.05, 0.1) is 5.39 Å². The smallest absolute Gasteiger partial charge is 0.250 e. The monoisotopic (exact) mass is 448 g/mol. The average molecular weight is 449 g/mol. The van der Waals surface area contributed by atoms with Crippen molar-refractivity contribution in [2.24, 2.45) is 17.6 Å². The van der Waals surface area contributed by atoms with E-state index in [4.69, 9.17) is 10.5 Å². The molecule has 3 aliphatic carbocycles. The van der Waals surface area contributed by atoms with Gasteiger partial charge in [0.1, 0.15) is 17.3 Å². The van der Waals surface area contributed by atoms with Crippen LogP contribution in [0.5, 0.6) is 5.88 Å². The predicted octanol–water partition coefficient (Wildman–Crippen LogP) is 3.48. The fraction of sp³-hybridized carbons (Fsp3) is 0.682. The number of hydrogen-bond acceptors (Lipinski definition) is 6. The first-order valence-corrected chi connectivity index (χ1v) is 12.1. The van der Waals surface area contributed by atoms with E-state index >= 15 is 0 Å². The average Bonchev–Trinajstić information content (AvgIpc) is 3.13. The van der Waals surface area contributed by atoms with Crippen LogP contribution in [0.15, 0.2) is 6.33 Å². The van der Waals surface area contributed by atoms with Gasteiger partial charge in [0, 0.05) is 48.7 Å². The summed E-state index contributed by atoms with van der Waals surface area (Å²) in [6.45, 7) is 0.973. The zero-order chi connectivity index (χ0) is 21.3. The molecular formula is C22H26F2N4O2S. The lowest BCUT2D eigenvalue weighted by atomic mass is 9.90. The lowest BCUT2D eigenvalue weighted by molar-refractivity contribution is -0.119. The third-order valence-corrected chi connectivity index (χ3v) is 8.92. The predicted molar refractivity (Wildman–Crippen MR) is 112 cm³/mol. The molecule has 9 heteroatoms. The number of thiophene rings is 1. The molecule has 6 nitrogen and oxygen atoms in total. The van der Waals surface area contributed by atoms with Crippen LogP contribution in [0.3, 0.4) is 0 Å². The molecule has 0 radical (unpaired) electrons. The van der Waals surface area contributed by atoms with Crippen LogP contribution in [-0.4, -0.2) is 51.9 Å². The summed E-state index contributed by atoms with van der Waals surface area (Å²) < 4.78 is 33.3. The first kappa shape index (κ1) is 19.8. The molecule has 2 saturated carbocycles. The van der Waals surface area contributed by atoms with Gasteiger partial charge in [0.2, 0.25) is 11.8 Å². The van der Waals surface area contributed by atoms with Gasteiger partial charge in [-0.15, -0.1) is 11.3 Å². The standard InChI is InChI=1S/C22H26F2N4O2S/c23-22(24)5-7-28(8-6-22)11-1-3-12(4-2-11)30-20-18-17-14(31-21(18)27-10-26-20)9-13-15(17)16(13)19(25)29/h10-13,15-16H,1-9H2,(H2,25,29)/t11?,12?,13?,15?,16-/m0/s1. The van der Waals surface area contributed by atoms with Gasteiger partial charge in [-0.2, -0.15) is 0 Å². The molecule has 0 aromatic carbocycles. The van der Waals surface area contributed by atoms with Gasteiger partial charge in [-0.25, -0.2) is 18.7 Å². The van der Waals surface area contributed by atoms with Crippen LogP contribution in [-0.2, 0) is 11.2 Å². The fourth-order valence-corrected chi connectivity index (χ4v) is 7.35. The summed E-state index contributed by atoms with van der Waals surface area (Å²) in [6, 6.07) is 0.371.